The molecule has 1 atom stereocenters. The van der Waals surface area contributed by atoms with Crippen molar-refractivity contribution in [1.82, 2.24) is 10.6 Å². The molecule has 1 amide bonds. The Morgan fingerprint density at radius 3 is 2.74 bits per heavy atom. The predicted octanol–water partition coefficient (Wildman–Crippen LogP) is 3.70. The molecule has 2 aliphatic rings. The highest BCUT2D eigenvalue weighted by atomic mass is 16.1. The second-order valence-corrected chi connectivity index (χ2v) is 7.86. The van der Waals surface area contributed by atoms with E-state index in [1.165, 1.54) is 24.0 Å². The van der Waals surface area contributed by atoms with E-state index in [0.29, 0.717) is 6.42 Å². The van der Waals surface area contributed by atoms with Crippen LogP contribution in [0.4, 0.5) is 0 Å². The summed E-state index contributed by atoms with van der Waals surface area (Å²) in [6.45, 7) is 6.83. The molecule has 0 radical (unpaired) electrons. The largest absolute Gasteiger partial charge is 0.349 e. The minimum absolute atomic E-state index is 0.194. The molecule has 1 unspecified atom stereocenters. The molecule has 1 saturated heterocycles. The van der Waals surface area contributed by atoms with E-state index in [2.05, 4.69) is 48.7 Å². The van der Waals surface area contributed by atoms with Crippen LogP contribution in [0.2, 0.25) is 0 Å². The summed E-state index contributed by atoms with van der Waals surface area (Å²) in [6.07, 6.45) is 6.31. The molecule has 1 aliphatic carbocycles. The monoisotopic (exact) mass is 314 g/mol. The van der Waals surface area contributed by atoms with Crippen LogP contribution in [0.15, 0.2) is 24.3 Å². The number of piperidine rings is 1. The van der Waals surface area contributed by atoms with Gasteiger partial charge in [0.2, 0.25) is 5.91 Å². The summed E-state index contributed by atoms with van der Waals surface area (Å²) in [6, 6.07) is 8.81. The maximum atomic E-state index is 12.4. The number of hydrogen-bond donors (Lipinski definition) is 2. The van der Waals surface area contributed by atoms with Crippen LogP contribution >= 0.6 is 0 Å². The fourth-order valence-electron chi connectivity index (χ4n) is 4.13. The van der Waals surface area contributed by atoms with Crippen molar-refractivity contribution in [2.45, 2.75) is 63.8 Å². The molecule has 0 saturated carbocycles. The molecule has 3 rings (SSSR count). The molecule has 0 spiro atoms. The van der Waals surface area contributed by atoms with Crippen molar-refractivity contribution in [3.05, 3.63) is 35.4 Å². The van der Waals surface area contributed by atoms with Crippen LogP contribution in [0.5, 0.6) is 0 Å². The summed E-state index contributed by atoms with van der Waals surface area (Å²) < 4.78 is 0. The van der Waals surface area contributed by atoms with Gasteiger partial charge in [-0.1, -0.05) is 38.1 Å². The van der Waals surface area contributed by atoms with Crippen LogP contribution in [0.3, 0.4) is 0 Å². The van der Waals surface area contributed by atoms with Gasteiger partial charge in [-0.05, 0) is 67.7 Å². The maximum absolute atomic E-state index is 12.4. The van der Waals surface area contributed by atoms with Gasteiger partial charge in [-0.2, -0.15) is 0 Å². The van der Waals surface area contributed by atoms with E-state index in [4.69, 9.17) is 0 Å². The Hall–Kier alpha value is -1.35. The van der Waals surface area contributed by atoms with Crippen molar-refractivity contribution in [1.29, 1.82) is 0 Å². The van der Waals surface area contributed by atoms with Gasteiger partial charge in [-0.15, -0.1) is 0 Å². The van der Waals surface area contributed by atoms with Crippen LogP contribution in [0.1, 0.15) is 69.5 Å². The normalized spacial score (nSPS) is 24.0. The quantitative estimate of drug-likeness (QED) is 0.890. The molecule has 1 aromatic rings. The Kier molecular flexibility index (Phi) is 5.05. The van der Waals surface area contributed by atoms with E-state index >= 15 is 0 Å². The van der Waals surface area contributed by atoms with Gasteiger partial charge in [0, 0.05) is 6.42 Å². The van der Waals surface area contributed by atoms with E-state index in [1.807, 2.05) is 0 Å². The average molecular weight is 314 g/mol. The first-order valence-corrected chi connectivity index (χ1v) is 9.16. The molecular formula is C20H30N2O. The minimum atomic E-state index is 0.194. The molecule has 1 fully saturated rings. The Labute approximate surface area is 140 Å². The van der Waals surface area contributed by atoms with Crippen molar-refractivity contribution >= 4 is 5.91 Å². The molecule has 0 aromatic heterocycles. The Balaban J connectivity index is 1.58. The fraction of sp³-hybridized carbons (Fsp3) is 0.650. The number of carbonyl (C=O) groups excluding carboxylic acids is 1. The van der Waals surface area contributed by atoms with E-state index in [-0.39, 0.29) is 17.4 Å². The smallest absolute Gasteiger partial charge is 0.220 e. The Morgan fingerprint density at radius 2 is 1.96 bits per heavy atom. The van der Waals surface area contributed by atoms with Crippen molar-refractivity contribution in [2.24, 2.45) is 5.92 Å². The van der Waals surface area contributed by atoms with Crippen molar-refractivity contribution in [3.63, 3.8) is 0 Å². The van der Waals surface area contributed by atoms with E-state index in [0.717, 1.165) is 38.3 Å². The molecule has 23 heavy (non-hydrogen) atoms. The zero-order valence-corrected chi connectivity index (χ0v) is 14.5. The molecule has 1 aliphatic heterocycles. The van der Waals surface area contributed by atoms with Crippen molar-refractivity contribution in [2.75, 3.05) is 13.1 Å². The van der Waals surface area contributed by atoms with Gasteiger partial charge in [-0.25, -0.2) is 0 Å². The summed E-state index contributed by atoms with van der Waals surface area (Å²) in [4.78, 5) is 12.4. The van der Waals surface area contributed by atoms with Crippen LogP contribution < -0.4 is 10.6 Å². The molecule has 0 bridgehead atoms. The second kappa shape index (κ2) is 7.04. The Bertz CT molecular complexity index is 546. The van der Waals surface area contributed by atoms with Crippen LogP contribution in [0, 0.1) is 5.92 Å². The molecule has 1 aromatic carbocycles. The van der Waals surface area contributed by atoms with E-state index < -0.39 is 0 Å². The zero-order valence-electron chi connectivity index (χ0n) is 14.5. The minimum Gasteiger partial charge on any atom is -0.349 e. The molecule has 3 heteroatoms. The average Bonchev–Trinajstić information content (AvgIpc) is 2.57. The first kappa shape index (κ1) is 16.5. The highest BCUT2D eigenvalue weighted by Gasteiger charge is 2.32. The van der Waals surface area contributed by atoms with Crippen LogP contribution in [-0.4, -0.2) is 19.0 Å². The Morgan fingerprint density at radius 1 is 1.22 bits per heavy atom. The maximum Gasteiger partial charge on any atom is 0.220 e. The van der Waals surface area contributed by atoms with Gasteiger partial charge < -0.3 is 10.6 Å². The number of hydrogen-bond acceptors (Lipinski definition) is 2. The van der Waals surface area contributed by atoms with Gasteiger partial charge in [0.1, 0.15) is 0 Å². The summed E-state index contributed by atoms with van der Waals surface area (Å²) in [5.74, 6) is 0.947. The number of amides is 1. The summed E-state index contributed by atoms with van der Waals surface area (Å²) >= 11 is 0. The van der Waals surface area contributed by atoms with Gasteiger partial charge >= 0.3 is 0 Å². The highest BCUT2D eigenvalue weighted by Crippen LogP contribution is 2.41. The standard InChI is InChI=1S/C20H30N2O/c1-20(2)12-9-18(16-5-3-4-6-17(16)20)22-19(23)8-7-15-10-13-21-14-11-15/h3-6,15,18,21H,7-14H2,1-2H3,(H,22,23). The number of fused-ring (bicyclic) bond motifs is 1. The number of benzene rings is 1. The molecule has 126 valence electrons. The number of nitrogens with one attached hydrogen (secondary N) is 2. The number of carbonyl (C=O) groups is 1. The summed E-state index contributed by atoms with van der Waals surface area (Å²) in [5, 5.41) is 6.68. The predicted molar refractivity (Wildman–Crippen MR) is 94.4 cm³/mol. The topological polar surface area (TPSA) is 41.1 Å². The van der Waals surface area contributed by atoms with E-state index in [1.54, 1.807) is 0 Å². The lowest BCUT2D eigenvalue weighted by molar-refractivity contribution is -0.122. The molecular weight excluding hydrogens is 284 g/mol. The van der Waals surface area contributed by atoms with Crippen LogP contribution in [0.25, 0.3) is 0 Å². The van der Waals surface area contributed by atoms with Gasteiger partial charge in [0.05, 0.1) is 6.04 Å². The summed E-state index contributed by atoms with van der Waals surface area (Å²) in [7, 11) is 0. The fourth-order valence-corrected chi connectivity index (χ4v) is 4.13. The lowest BCUT2D eigenvalue weighted by Crippen LogP contribution is -2.36. The lowest BCUT2D eigenvalue weighted by atomic mass is 9.71. The zero-order chi connectivity index (χ0) is 16.3. The van der Waals surface area contributed by atoms with E-state index in [9.17, 15) is 4.79 Å². The third-order valence-corrected chi connectivity index (χ3v) is 5.70. The first-order chi connectivity index (χ1) is 11.1. The van der Waals surface area contributed by atoms with Gasteiger partial charge in [0.15, 0.2) is 0 Å². The second-order valence-electron chi connectivity index (χ2n) is 7.86. The van der Waals surface area contributed by atoms with Gasteiger partial charge in [0.25, 0.3) is 0 Å². The SMILES string of the molecule is CC1(C)CCC(NC(=O)CCC2CCNCC2)c2ccccc21. The van der Waals surface area contributed by atoms with Gasteiger partial charge in [-0.3, -0.25) is 4.79 Å². The van der Waals surface area contributed by atoms with Crippen LogP contribution in [-0.2, 0) is 10.2 Å². The first-order valence-electron chi connectivity index (χ1n) is 9.16. The summed E-state index contributed by atoms with van der Waals surface area (Å²) in [5.41, 5.74) is 2.93. The molecule has 1 heterocycles. The third-order valence-electron chi connectivity index (χ3n) is 5.70. The number of rotatable bonds is 4. The molecule has 3 nitrogen and oxygen atoms in total. The highest BCUT2D eigenvalue weighted by molar-refractivity contribution is 5.76. The third kappa shape index (κ3) is 3.95. The van der Waals surface area contributed by atoms with Crippen molar-refractivity contribution in [3.8, 4) is 0 Å². The lowest BCUT2D eigenvalue weighted by Gasteiger charge is -2.37. The molecule has 2 N–H and O–H groups in total. The van der Waals surface area contributed by atoms with Crippen molar-refractivity contribution < 1.29 is 4.79 Å².